The molecule has 1 heteroatoms. The Morgan fingerprint density at radius 3 is 1.96 bits per heavy atom. The summed E-state index contributed by atoms with van der Waals surface area (Å²) < 4.78 is 0. The van der Waals surface area contributed by atoms with Crippen LogP contribution in [0.15, 0.2) is 24.3 Å². The number of aryl methyl sites for hydroxylation is 1. The fourth-order valence-electron chi connectivity index (χ4n) is 5.08. The molecule has 1 nitrogen and oxygen atoms in total. The zero-order chi connectivity index (χ0) is 16.8. The summed E-state index contributed by atoms with van der Waals surface area (Å²) in [5.74, 6) is 2.78. The molecule has 0 amide bonds. The predicted octanol–water partition coefficient (Wildman–Crippen LogP) is 6.21. The van der Waals surface area contributed by atoms with E-state index in [0.29, 0.717) is 6.04 Å². The SMILES string of the molecule is CCCCCc1ccc(C2CCC(C3CCC(N)CC3)CC2)cc1. The van der Waals surface area contributed by atoms with E-state index in [4.69, 9.17) is 5.73 Å². The third-order valence-corrected chi connectivity index (χ3v) is 6.78. The molecular formula is C23H37N. The number of rotatable bonds is 6. The van der Waals surface area contributed by atoms with Crippen molar-refractivity contribution in [2.24, 2.45) is 17.6 Å². The van der Waals surface area contributed by atoms with Crippen LogP contribution in [0.25, 0.3) is 0 Å². The first kappa shape index (κ1) is 18.0. The Labute approximate surface area is 149 Å². The molecular weight excluding hydrogens is 290 g/mol. The zero-order valence-electron chi connectivity index (χ0n) is 15.7. The third-order valence-electron chi connectivity index (χ3n) is 6.78. The van der Waals surface area contributed by atoms with Crippen molar-refractivity contribution >= 4 is 0 Å². The lowest BCUT2D eigenvalue weighted by molar-refractivity contribution is 0.177. The van der Waals surface area contributed by atoms with Crippen molar-refractivity contribution in [3.05, 3.63) is 35.4 Å². The summed E-state index contributed by atoms with van der Waals surface area (Å²) in [6, 6.07) is 10.1. The maximum atomic E-state index is 6.07. The molecule has 0 aliphatic heterocycles. The molecule has 0 heterocycles. The van der Waals surface area contributed by atoms with Crippen LogP contribution in [-0.2, 0) is 6.42 Å². The standard InChI is InChI=1S/C23H37N/c1-2-3-4-5-18-6-8-19(9-7-18)20-10-12-21(13-11-20)22-14-16-23(24)17-15-22/h6-9,20-23H,2-5,10-17,24H2,1H3. The van der Waals surface area contributed by atoms with Crippen LogP contribution in [0.5, 0.6) is 0 Å². The van der Waals surface area contributed by atoms with E-state index in [1.807, 2.05) is 0 Å². The monoisotopic (exact) mass is 327 g/mol. The van der Waals surface area contributed by atoms with Crippen molar-refractivity contribution < 1.29 is 0 Å². The molecule has 2 aliphatic rings. The van der Waals surface area contributed by atoms with E-state index in [9.17, 15) is 0 Å². The van der Waals surface area contributed by atoms with Gasteiger partial charge in [0.25, 0.3) is 0 Å². The van der Waals surface area contributed by atoms with Gasteiger partial charge in [-0.25, -0.2) is 0 Å². The van der Waals surface area contributed by atoms with Crippen molar-refractivity contribution in [2.75, 3.05) is 0 Å². The minimum Gasteiger partial charge on any atom is -0.328 e. The van der Waals surface area contributed by atoms with Crippen LogP contribution in [0, 0.1) is 11.8 Å². The van der Waals surface area contributed by atoms with Gasteiger partial charge in [0.15, 0.2) is 0 Å². The third kappa shape index (κ3) is 4.85. The van der Waals surface area contributed by atoms with Crippen LogP contribution in [0.4, 0.5) is 0 Å². The predicted molar refractivity (Wildman–Crippen MR) is 104 cm³/mol. The van der Waals surface area contributed by atoms with E-state index in [0.717, 1.165) is 17.8 Å². The molecule has 2 saturated carbocycles. The molecule has 0 aromatic heterocycles. The minimum atomic E-state index is 0.494. The fraction of sp³-hybridized carbons (Fsp3) is 0.739. The lowest BCUT2D eigenvalue weighted by Crippen LogP contribution is -2.31. The summed E-state index contributed by atoms with van der Waals surface area (Å²) in [5, 5.41) is 0. The number of unbranched alkanes of at least 4 members (excludes halogenated alkanes) is 2. The van der Waals surface area contributed by atoms with Crippen molar-refractivity contribution in [2.45, 2.75) is 95.9 Å². The van der Waals surface area contributed by atoms with Crippen molar-refractivity contribution in [3.8, 4) is 0 Å². The first-order chi connectivity index (χ1) is 11.8. The summed E-state index contributed by atoms with van der Waals surface area (Å²) in [4.78, 5) is 0. The molecule has 1 aromatic carbocycles. The largest absolute Gasteiger partial charge is 0.328 e. The highest BCUT2D eigenvalue weighted by Gasteiger charge is 2.30. The van der Waals surface area contributed by atoms with Gasteiger partial charge in [0.2, 0.25) is 0 Å². The molecule has 2 fully saturated rings. The Morgan fingerprint density at radius 2 is 1.38 bits per heavy atom. The molecule has 0 bridgehead atoms. The average molecular weight is 328 g/mol. The topological polar surface area (TPSA) is 26.0 Å². The fourth-order valence-corrected chi connectivity index (χ4v) is 5.08. The molecule has 0 atom stereocenters. The van der Waals surface area contributed by atoms with Crippen LogP contribution < -0.4 is 5.73 Å². The molecule has 3 rings (SSSR count). The van der Waals surface area contributed by atoms with Gasteiger partial charge in [-0.3, -0.25) is 0 Å². The molecule has 134 valence electrons. The van der Waals surface area contributed by atoms with Gasteiger partial charge in [-0.2, -0.15) is 0 Å². The smallest absolute Gasteiger partial charge is 0.00390 e. The van der Waals surface area contributed by atoms with Crippen LogP contribution in [-0.4, -0.2) is 6.04 Å². The van der Waals surface area contributed by atoms with Crippen molar-refractivity contribution in [3.63, 3.8) is 0 Å². The van der Waals surface area contributed by atoms with Crippen LogP contribution in [0.2, 0.25) is 0 Å². The second kappa shape index (κ2) is 9.04. The van der Waals surface area contributed by atoms with Gasteiger partial charge in [0.1, 0.15) is 0 Å². The molecule has 1 aromatic rings. The molecule has 0 radical (unpaired) electrons. The number of hydrogen-bond acceptors (Lipinski definition) is 1. The summed E-state index contributed by atoms with van der Waals surface area (Å²) in [5.41, 5.74) is 9.20. The van der Waals surface area contributed by atoms with Crippen molar-refractivity contribution in [1.82, 2.24) is 0 Å². The van der Waals surface area contributed by atoms with E-state index in [2.05, 4.69) is 31.2 Å². The maximum Gasteiger partial charge on any atom is 0.00390 e. The van der Waals surface area contributed by atoms with E-state index in [1.165, 1.54) is 82.6 Å². The van der Waals surface area contributed by atoms with Crippen LogP contribution >= 0.6 is 0 Å². The molecule has 2 aliphatic carbocycles. The minimum absolute atomic E-state index is 0.494. The Hall–Kier alpha value is -0.820. The summed E-state index contributed by atoms with van der Waals surface area (Å²) >= 11 is 0. The van der Waals surface area contributed by atoms with Gasteiger partial charge in [-0.15, -0.1) is 0 Å². The summed E-state index contributed by atoms with van der Waals surface area (Å²) in [6.45, 7) is 2.28. The zero-order valence-corrected chi connectivity index (χ0v) is 15.7. The quantitative estimate of drug-likeness (QED) is 0.617. The first-order valence-electron chi connectivity index (χ1n) is 10.6. The highest BCUT2D eigenvalue weighted by molar-refractivity contribution is 5.26. The molecule has 24 heavy (non-hydrogen) atoms. The van der Waals surface area contributed by atoms with Gasteiger partial charge in [0, 0.05) is 6.04 Å². The number of hydrogen-bond donors (Lipinski definition) is 1. The Balaban J connectivity index is 1.46. The summed E-state index contributed by atoms with van der Waals surface area (Å²) in [7, 11) is 0. The van der Waals surface area contributed by atoms with Gasteiger partial charge in [-0.1, -0.05) is 44.0 Å². The van der Waals surface area contributed by atoms with Crippen LogP contribution in [0.3, 0.4) is 0 Å². The van der Waals surface area contributed by atoms with Crippen LogP contribution in [0.1, 0.15) is 94.6 Å². The molecule has 0 unspecified atom stereocenters. The summed E-state index contributed by atoms with van der Waals surface area (Å²) in [6.07, 6.45) is 16.3. The molecule has 0 saturated heterocycles. The van der Waals surface area contributed by atoms with Gasteiger partial charge >= 0.3 is 0 Å². The lowest BCUT2D eigenvalue weighted by atomic mass is 9.69. The molecule has 2 N–H and O–H groups in total. The lowest BCUT2D eigenvalue weighted by Gasteiger charge is -2.37. The van der Waals surface area contributed by atoms with Gasteiger partial charge in [0.05, 0.1) is 0 Å². The van der Waals surface area contributed by atoms with Crippen molar-refractivity contribution in [1.29, 1.82) is 0 Å². The average Bonchev–Trinajstić information content (AvgIpc) is 2.63. The Bertz CT molecular complexity index is 461. The van der Waals surface area contributed by atoms with E-state index >= 15 is 0 Å². The highest BCUT2D eigenvalue weighted by atomic mass is 14.6. The van der Waals surface area contributed by atoms with E-state index in [1.54, 1.807) is 5.56 Å². The normalized spacial score (nSPS) is 31.1. The first-order valence-corrected chi connectivity index (χ1v) is 10.6. The number of benzene rings is 1. The van der Waals surface area contributed by atoms with Gasteiger partial charge in [-0.05, 0) is 93.1 Å². The second-order valence-corrected chi connectivity index (χ2v) is 8.49. The van der Waals surface area contributed by atoms with E-state index < -0.39 is 0 Å². The highest BCUT2D eigenvalue weighted by Crippen LogP contribution is 2.42. The Morgan fingerprint density at radius 1 is 0.792 bits per heavy atom. The number of nitrogens with two attached hydrogens (primary N) is 1. The molecule has 0 spiro atoms. The second-order valence-electron chi connectivity index (χ2n) is 8.49. The maximum absolute atomic E-state index is 6.07. The Kier molecular flexibility index (Phi) is 6.77. The van der Waals surface area contributed by atoms with E-state index in [-0.39, 0.29) is 0 Å². The van der Waals surface area contributed by atoms with Gasteiger partial charge < -0.3 is 5.73 Å².